The molecule has 0 saturated carbocycles. The Morgan fingerprint density at radius 3 is 2.39 bits per heavy atom. The van der Waals surface area contributed by atoms with Crippen molar-refractivity contribution in [3.05, 3.63) is 58.9 Å². The van der Waals surface area contributed by atoms with Gasteiger partial charge in [0.15, 0.2) is 0 Å². The summed E-state index contributed by atoms with van der Waals surface area (Å²) in [5.41, 5.74) is 1.58. The van der Waals surface area contributed by atoms with Gasteiger partial charge >= 0.3 is 0 Å². The Morgan fingerprint density at radius 1 is 1.04 bits per heavy atom. The minimum Gasteiger partial charge on any atom is -0.494 e. The van der Waals surface area contributed by atoms with Crippen LogP contribution in [0.2, 0.25) is 0 Å². The zero-order valence-corrected chi connectivity index (χ0v) is 19.1. The van der Waals surface area contributed by atoms with Crippen LogP contribution < -0.4 is 10.3 Å². The Morgan fingerprint density at radius 2 is 1.71 bits per heavy atom. The lowest BCUT2D eigenvalue weighted by Crippen LogP contribution is -2.25. The molecule has 0 spiro atoms. The maximum absolute atomic E-state index is 12.6. The molecule has 0 saturated heterocycles. The lowest BCUT2D eigenvalue weighted by atomic mass is 10.1. The lowest BCUT2D eigenvalue weighted by molar-refractivity contribution is 0.249. The smallest absolute Gasteiger partial charge is 0.261 e. The molecule has 28 heavy (non-hydrogen) atoms. The molecule has 0 aliphatic heterocycles. The van der Waals surface area contributed by atoms with Crippen LogP contribution in [0.25, 0.3) is 22.3 Å². The van der Waals surface area contributed by atoms with Crippen LogP contribution in [0.1, 0.15) is 20.3 Å². The number of ether oxygens (including phenoxy) is 1. The second kappa shape index (κ2) is 10.6. The van der Waals surface area contributed by atoms with E-state index in [0.29, 0.717) is 23.3 Å². The van der Waals surface area contributed by atoms with Gasteiger partial charge in [0.1, 0.15) is 11.6 Å². The Kier molecular flexibility index (Phi) is 8.44. The van der Waals surface area contributed by atoms with Crippen molar-refractivity contribution in [2.24, 2.45) is 7.05 Å². The molecular weight excluding hydrogens is 465 g/mol. The van der Waals surface area contributed by atoms with Gasteiger partial charge in [-0.2, -0.15) is 0 Å². The molecule has 0 N–H and O–H groups in total. The van der Waals surface area contributed by atoms with Crippen LogP contribution in [0, 0.1) is 0 Å². The Balaban J connectivity index is 0.00000280. The number of benzene rings is 2. The van der Waals surface area contributed by atoms with Crippen molar-refractivity contribution in [3.63, 3.8) is 0 Å². The third-order valence-electron chi connectivity index (χ3n) is 4.88. The highest BCUT2D eigenvalue weighted by Gasteiger charge is 2.10. The van der Waals surface area contributed by atoms with Gasteiger partial charge in [-0.15, -0.1) is 24.0 Å². The Hall–Kier alpha value is -1.93. The van der Waals surface area contributed by atoms with Crippen LogP contribution in [0.5, 0.6) is 5.75 Å². The number of nitrogens with zero attached hydrogens (tertiary/aromatic N) is 3. The van der Waals surface area contributed by atoms with Crippen LogP contribution in [0.4, 0.5) is 0 Å². The van der Waals surface area contributed by atoms with Crippen molar-refractivity contribution in [1.82, 2.24) is 14.5 Å². The number of hydrogen-bond donors (Lipinski definition) is 0. The van der Waals surface area contributed by atoms with E-state index in [1.807, 2.05) is 48.5 Å². The minimum absolute atomic E-state index is 0. The first kappa shape index (κ1) is 22.4. The fraction of sp³-hybridized carbons (Fsp3) is 0.364. The molecule has 3 aromatic rings. The number of aromatic nitrogens is 2. The first-order chi connectivity index (χ1) is 13.1. The molecule has 2 aromatic carbocycles. The van der Waals surface area contributed by atoms with Crippen LogP contribution in [-0.2, 0) is 7.05 Å². The highest BCUT2D eigenvalue weighted by Crippen LogP contribution is 2.21. The van der Waals surface area contributed by atoms with E-state index < -0.39 is 0 Å². The summed E-state index contributed by atoms with van der Waals surface area (Å²) >= 11 is 0. The van der Waals surface area contributed by atoms with E-state index >= 15 is 0 Å². The van der Waals surface area contributed by atoms with Gasteiger partial charge in [0.05, 0.1) is 17.5 Å². The molecule has 0 bridgehead atoms. The molecule has 6 heteroatoms. The third-order valence-corrected chi connectivity index (χ3v) is 4.88. The van der Waals surface area contributed by atoms with E-state index in [1.165, 1.54) is 0 Å². The van der Waals surface area contributed by atoms with E-state index in [4.69, 9.17) is 4.74 Å². The number of para-hydroxylation sites is 1. The molecule has 3 rings (SSSR count). The Labute approximate surface area is 183 Å². The molecule has 0 unspecified atom stereocenters. The molecule has 1 aromatic heterocycles. The fourth-order valence-corrected chi connectivity index (χ4v) is 3.19. The molecule has 0 atom stereocenters. The Bertz CT molecular complexity index is 950. The summed E-state index contributed by atoms with van der Waals surface area (Å²) in [6.45, 7) is 8.25. The van der Waals surface area contributed by atoms with Crippen molar-refractivity contribution in [3.8, 4) is 17.1 Å². The number of halogens is 1. The van der Waals surface area contributed by atoms with Crippen molar-refractivity contribution < 1.29 is 4.74 Å². The van der Waals surface area contributed by atoms with Crippen molar-refractivity contribution >= 4 is 34.9 Å². The summed E-state index contributed by atoms with van der Waals surface area (Å²) < 4.78 is 7.44. The van der Waals surface area contributed by atoms with E-state index in [1.54, 1.807) is 11.6 Å². The maximum atomic E-state index is 12.6. The predicted octanol–water partition coefficient (Wildman–Crippen LogP) is 4.33. The first-order valence-electron chi connectivity index (χ1n) is 9.55. The standard InChI is InChI=1S/C22H27N3O2.HI/c1-4-25(5-2)15-8-16-27-18-13-11-17(12-14-18)21-23-20-10-7-6-9-19(20)22(26)24(21)3;/h6-7,9-14H,4-5,8,15-16H2,1-3H3;1H. The normalized spacial score (nSPS) is 10.9. The summed E-state index contributed by atoms with van der Waals surface area (Å²) in [7, 11) is 1.76. The average Bonchev–Trinajstić information content (AvgIpc) is 2.71. The fourth-order valence-electron chi connectivity index (χ4n) is 3.19. The second-order valence-corrected chi connectivity index (χ2v) is 6.57. The predicted molar refractivity (Wildman–Crippen MR) is 126 cm³/mol. The zero-order chi connectivity index (χ0) is 19.2. The average molecular weight is 493 g/mol. The van der Waals surface area contributed by atoms with Gasteiger partial charge in [0.2, 0.25) is 0 Å². The van der Waals surface area contributed by atoms with E-state index in [-0.39, 0.29) is 29.5 Å². The van der Waals surface area contributed by atoms with Gasteiger partial charge in [-0.1, -0.05) is 26.0 Å². The summed E-state index contributed by atoms with van der Waals surface area (Å²) in [6, 6.07) is 15.2. The van der Waals surface area contributed by atoms with Crippen molar-refractivity contribution in [2.45, 2.75) is 20.3 Å². The van der Waals surface area contributed by atoms with Crippen LogP contribution in [-0.4, -0.2) is 40.7 Å². The molecule has 0 radical (unpaired) electrons. The molecule has 5 nitrogen and oxygen atoms in total. The molecule has 150 valence electrons. The molecule has 0 aliphatic rings. The minimum atomic E-state index is -0.0349. The summed E-state index contributed by atoms with van der Waals surface area (Å²) in [5, 5.41) is 0.636. The zero-order valence-electron chi connectivity index (χ0n) is 16.7. The van der Waals surface area contributed by atoms with E-state index in [2.05, 4.69) is 23.7 Å². The summed E-state index contributed by atoms with van der Waals surface area (Å²) in [4.78, 5) is 19.6. The van der Waals surface area contributed by atoms with E-state index in [0.717, 1.165) is 37.4 Å². The quantitative estimate of drug-likeness (QED) is 0.346. The van der Waals surface area contributed by atoms with E-state index in [9.17, 15) is 4.79 Å². The van der Waals surface area contributed by atoms with Gasteiger partial charge in [-0.05, 0) is 55.9 Å². The molecular formula is C22H28IN3O2. The summed E-state index contributed by atoms with van der Waals surface area (Å²) in [6.07, 6.45) is 1.00. The van der Waals surface area contributed by atoms with Gasteiger partial charge in [0, 0.05) is 19.2 Å². The SMILES string of the molecule is CCN(CC)CCCOc1ccc(-c2nc3ccccc3c(=O)n2C)cc1.I. The topological polar surface area (TPSA) is 47.4 Å². The van der Waals surface area contributed by atoms with Crippen LogP contribution in [0.3, 0.4) is 0 Å². The van der Waals surface area contributed by atoms with Gasteiger partial charge in [-0.25, -0.2) is 4.98 Å². The van der Waals surface area contributed by atoms with Gasteiger partial charge in [-0.3, -0.25) is 9.36 Å². The maximum Gasteiger partial charge on any atom is 0.261 e. The van der Waals surface area contributed by atoms with Crippen LogP contribution >= 0.6 is 24.0 Å². The largest absolute Gasteiger partial charge is 0.494 e. The van der Waals surface area contributed by atoms with Crippen molar-refractivity contribution in [2.75, 3.05) is 26.2 Å². The molecule has 0 fully saturated rings. The number of hydrogen-bond acceptors (Lipinski definition) is 4. The number of fused-ring (bicyclic) bond motifs is 1. The van der Waals surface area contributed by atoms with Gasteiger partial charge in [0.25, 0.3) is 5.56 Å². The van der Waals surface area contributed by atoms with Crippen LogP contribution in [0.15, 0.2) is 53.3 Å². The third kappa shape index (κ3) is 5.11. The molecule has 0 amide bonds. The number of rotatable bonds is 8. The molecule has 0 aliphatic carbocycles. The van der Waals surface area contributed by atoms with Gasteiger partial charge < -0.3 is 9.64 Å². The summed E-state index contributed by atoms with van der Waals surface area (Å²) in [5.74, 6) is 1.50. The molecule has 1 heterocycles. The second-order valence-electron chi connectivity index (χ2n) is 6.57. The lowest BCUT2D eigenvalue weighted by Gasteiger charge is -2.17. The highest BCUT2D eigenvalue weighted by molar-refractivity contribution is 14.0. The first-order valence-corrected chi connectivity index (χ1v) is 9.55. The van der Waals surface area contributed by atoms with Crippen molar-refractivity contribution in [1.29, 1.82) is 0 Å². The monoisotopic (exact) mass is 493 g/mol. The highest BCUT2D eigenvalue weighted by atomic mass is 127.